The van der Waals surface area contributed by atoms with Crippen LogP contribution in [0.25, 0.3) is 0 Å². The zero-order valence-corrected chi connectivity index (χ0v) is 12.5. The highest BCUT2D eigenvalue weighted by molar-refractivity contribution is 6.31. The van der Waals surface area contributed by atoms with E-state index in [0.29, 0.717) is 6.04 Å². The zero-order chi connectivity index (χ0) is 13.4. The van der Waals surface area contributed by atoms with Gasteiger partial charge in [-0.1, -0.05) is 43.1 Å². The summed E-state index contributed by atoms with van der Waals surface area (Å²) in [4.78, 5) is 2.33. The first kappa shape index (κ1) is 15.5. The molecule has 0 radical (unpaired) electrons. The zero-order valence-electron chi connectivity index (χ0n) is 11.7. The van der Waals surface area contributed by atoms with Crippen molar-refractivity contribution in [2.24, 2.45) is 0 Å². The van der Waals surface area contributed by atoms with Crippen LogP contribution in [0, 0.1) is 0 Å². The molecule has 0 spiro atoms. The van der Waals surface area contributed by atoms with Crippen LogP contribution in [0.1, 0.15) is 38.3 Å². The van der Waals surface area contributed by atoms with Crippen LogP contribution in [-0.2, 0) is 0 Å². The summed E-state index contributed by atoms with van der Waals surface area (Å²) in [5, 5.41) is 4.32. The van der Waals surface area contributed by atoms with E-state index in [2.05, 4.69) is 37.2 Å². The number of hydrogen-bond acceptors (Lipinski definition) is 2. The van der Waals surface area contributed by atoms with Gasteiger partial charge in [0.15, 0.2) is 0 Å². The summed E-state index contributed by atoms with van der Waals surface area (Å²) < 4.78 is 0. The van der Waals surface area contributed by atoms with Gasteiger partial charge in [0.1, 0.15) is 0 Å². The van der Waals surface area contributed by atoms with E-state index < -0.39 is 0 Å². The van der Waals surface area contributed by atoms with Crippen molar-refractivity contribution in [3.63, 3.8) is 0 Å². The average Bonchev–Trinajstić information content (AvgIpc) is 2.38. The molecule has 0 aliphatic rings. The lowest BCUT2D eigenvalue weighted by atomic mass is 10.1. The van der Waals surface area contributed by atoms with Crippen molar-refractivity contribution in [1.82, 2.24) is 10.2 Å². The van der Waals surface area contributed by atoms with Crippen molar-refractivity contribution in [2.75, 3.05) is 26.7 Å². The van der Waals surface area contributed by atoms with Gasteiger partial charge in [-0.05, 0) is 38.6 Å². The Morgan fingerprint density at radius 1 is 1.28 bits per heavy atom. The van der Waals surface area contributed by atoms with Gasteiger partial charge in [0.25, 0.3) is 0 Å². The Kier molecular flexibility index (Phi) is 7.33. The van der Waals surface area contributed by atoms with E-state index in [1.54, 1.807) is 0 Å². The first-order valence-corrected chi connectivity index (χ1v) is 7.20. The topological polar surface area (TPSA) is 15.3 Å². The van der Waals surface area contributed by atoms with Gasteiger partial charge in [-0.2, -0.15) is 0 Å². The summed E-state index contributed by atoms with van der Waals surface area (Å²) >= 11 is 6.22. The molecule has 3 heteroatoms. The lowest BCUT2D eigenvalue weighted by Gasteiger charge is -2.25. The first-order chi connectivity index (χ1) is 8.66. The van der Waals surface area contributed by atoms with E-state index in [1.165, 1.54) is 18.4 Å². The molecule has 1 aromatic carbocycles. The summed E-state index contributed by atoms with van der Waals surface area (Å²) in [5.74, 6) is 0. The number of halogens is 1. The van der Waals surface area contributed by atoms with E-state index in [9.17, 15) is 0 Å². The van der Waals surface area contributed by atoms with Gasteiger partial charge in [-0.15, -0.1) is 0 Å². The van der Waals surface area contributed by atoms with Gasteiger partial charge in [0.05, 0.1) is 0 Å². The summed E-state index contributed by atoms with van der Waals surface area (Å²) in [5.41, 5.74) is 1.20. The fourth-order valence-electron chi connectivity index (χ4n) is 1.93. The van der Waals surface area contributed by atoms with Gasteiger partial charge < -0.3 is 5.32 Å². The Balaban J connectivity index is 2.37. The molecular formula is C15H25ClN2. The Morgan fingerprint density at radius 2 is 2.00 bits per heavy atom. The standard InChI is InChI=1S/C15H25ClN2/c1-4-5-10-17-11-12-18(3)13(2)14-8-6-7-9-15(14)16/h6-9,13,17H,4-5,10-12H2,1-3H3. The minimum atomic E-state index is 0.353. The number of benzene rings is 1. The monoisotopic (exact) mass is 268 g/mol. The van der Waals surface area contributed by atoms with Gasteiger partial charge in [0, 0.05) is 24.2 Å². The number of unbranched alkanes of at least 4 members (excludes halogenated alkanes) is 1. The summed E-state index contributed by atoms with van der Waals surface area (Å²) in [6.07, 6.45) is 2.50. The van der Waals surface area contributed by atoms with E-state index in [0.717, 1.165) is 24.7 Å². The average molecular weight is 269 g/mol. The molecule has 1 atom stereocenters. The lowest BCUT2D eigenvalue weighted by molar-refractivity contribution is 0.261. The first-order valence-electron chi connectivity index (χ1n) is 6.82. The van der Waals surface area contributed by atoms with Crippen LogP contribution in [0.15, 0.2) is 24.3 Å². The van der Waals surface area contributed by atoms with Crippen molar-refractivity contribution in [3.8, 4) is 0 Å². The SMILES string of the molecule is CCCCNCCN(C)C(C)c1ccccc1Cl. The van der Waals surface area contributed by atoms with Crippen molar-refractivity contribution in [3.05, 3.63) is 34.9 Å². The molecule has 0 bridgehead atoms. The third-order valence-corrected chi connectivity index (χ3v) is 3.71. The molecule has 2 nitrogen and oxygen atoms in total. The summed E-state index contributed by atoms with van der Waals surface area (Å²) in [6.45, 7) is 7.60. The van der Waals surface area contributed by atoms with E-state index in [1.807, 2.05) is 18.2 Å². The molecule has 1 rings (SSSR count). The molecule has 0 saturated carbocycles. The summed E-state index contributed by atoms with van der Waals surface area (Å²) in [6, 6.07) is 8.44. The number of hydrogen-bond donors (Lipinski definition) is 1. The van der Waals surface area contributed by atoms with Crippen LogP contribution in [0.4, 0.5) is 0 Å². The Morgan fingerprint density at radius 3 is 2.67 bits per heavy atom. The maximum atomic E-state index is 6.22. The van der Waals surface area contributed by atoms with Gasteiger partial charge in [-0.3, -0.25) is 4.90 Å². The van der Waals surface area contributed by atoms with Crippen molar-refractivity contribution in [1.29, 1.82) is 0 Å². The fourth-order valence-corrected chi connectivity index (χ4v) is 2.22. The van der Waals surface area contributed by atoms with Crippen molar-refractivity contribution in [2.45, 2.75) is 32.7 Å². The van der Waals surface area contributed by atoms with Crippen LogP contribution >= 0.6 is 11.6 Å². The molecule has 0 heterocycles. The fraction of sp³-hybridized carbons (Fsp3) is 0.600. The Labute approximate surface area is 116 Å². The molecule has 0 aliphatic carbocycles. The number of rotatable bonds is 8. The highest BCUT2D eigenvalue weighted by atomic mass is 35.5. The van der Waals surface area contributed by atoms with Crippen LogP contribution in [0.3, 0.4) is 0 Å². The van der Waals surface area contributed by atoms with Crippen molar-refractivity contribution < 1.29 is 0 Å². The van der Waals surface area contributed by atoms with Gasteiger partial charge in [-0.25, -0.2) is 0 Å². The van der Waals surface area contributed by atoms with Crippen LogP contribution in [0.5, 0.6) is 0 Å². The molecular weight excluding hydrogens is 244 g/mol. The van der Waals surface area contributed by atoms with Crippen LogP contribution in [-0.4, -0.2) is 31.6 Å². The molecule has 0 aliphatic heterocycles. The Bertz CT molecular complexity index is 341. The van der Waals surface area contributed by atoms with E-state index >= 15 is 0 Å². The second-order valence-electron chi connectivity index (χ2n) is 4.78. The lowest BCUT2D eigenvalue weighted by Crippen LogP contribution is -2.31. The predicted molar refractivity (Wildman–Crippen MR) is 80.3 cm³/mol. The molecule has 1 N–H and O–H groups in total. The minimum Gasteiger partial charge on any atom is -0.315 e. The number of likely N-dealkylation sites (N-methyl/N-ethyl adjacent to an activating group) is 1. The molecule has 1 aromatic rings. The highest BCUT2D eigenvalue weighted by Crippen LogP contribution is 2.25. The van der Waals surface area contributed by atoms with Crippen molar-refractivity contribution >= 4 is 11.6 Å². The Hall–Kier alpha value is -0.570. The van der Waals surface area contributed by atoms with Gasteiger partial charge >= 0.3 is 0 Å². The molecule has 1 unspecified atom stereocenters. The maximum absolute atomic E-state index is 6.22. The second kappa shape index (κ2) is 8.52. The molecule has 0 amide bonds. The van der Waals surface area contributed by atoms with Gasteiger partial charge in [0.2, 0.25) is 0 Å². The molecule has 0 fully saturated rings. The second-order valence-corrected chi connectivity index (χ2v) is 5.19. The molecule has 0 saturated heterocycles. The van der Waals surface area contributed by atoms with Crippen LogP contribution < -0.4 is 5.32 Å². The van der Waals surface area contributed by atoms with Crippen LogP contribution in [0.2, 0.25) is 5.02 Å². The molecule has 102 valence electrons. The molecule has 18 heavy (non-hydrogen) atoms. The van der Waals surface area contributed by atoms with E-state index in [4.69, 9.17) is 11.6 Å². The molecule has 0 aromatic heterocycles. The number of nitrogens with one attached hydrogen (secondary N) is 1. The third kappa shape index (κ3) is 4.97. The normalized spacial score (nSPS) is 12.9. The smallest absolute Gasteiger partial charge is 0.0453 e. The number of nitrogens with zero attached hydrogens (tertiary/aromatic N) is 1. The maximum Gasteiger partial charge on any atom is 0.0453 e. The largest absolute Gasteiger partial charge is 0.315 e. The summed E-state index contributed by atoms with van der Waals surface area (Å²) in [7, 11) is 2.15. The predicted octanol–water partition coefficient (Wildman–Crippen LogP) is 3.72. The highest BCUT2D eigenvalue weighted by Gasteiger charge is 2.13. The quantitative estimate of drug-likeness (QED) is 0.723. The third-order valence-electron chi connectivity index (χ3n) is 3.36. The van der Waals surface area contributed by atoms with E-state index in [-0.39, 0.29) is 0 Å². The minimum absolute atomic E-state index is 0.353.